The van der Waals surface area contributed by atoms with Gasteiger partial charge in [-0.15, -0.1) is 0 Å². The van der Waals surface area contributed by atoms with E-state index in [0.717, 1.165) is 18.2 Å². The molecule has 0 unspecified atom stereocenters. The van der Waals surface area contributed by atoms with Crippen LogP contribution in [0.2, 0.25) is 0 Å². The van der Waals surface area contributed by atoms with Crippen molar-refractivity contribution in [2.75, 3.05) is 0 Å². The van der Waals surface area contributed by atoms with E-state index in [2.05, 4.69) is 5.32 Å². The number of ether oxygens (including phenoxy) is 1. The third kappa shape index (κ3) is 6.10. The van der Waals surface area contributed by atoms with Gasteiger partial charge < -0.3 is 10.1 Å². The predicted octanol–water partition coefficient (Wildman–Crippen LogP) is 5.59. The molecule has 5 nitrogen and oxygen atoms in total. The summed E-state index contributed by atoms with van der Waals surface area (Å²) in [5.74, 6) is -3.58. The van der Waals surface area contributed by atoms with Crippen molar-refractivity contribution in [3.05, 3.63) is 82.3 Å². The molecule has 2 aromatic carbocycles. The Morgan fingerprint density at radius 2 is 1.69 bits per heavy atom. The zero-order valence-electron chi connectivity index (χ0n) is 17.5. The van der Waals surface area contributed by atoms with Gasteiger partial charge in [-0.25, -0.2) is 4.39 Å². The molecule has 0 saturated heterocycles. The van der Waals surface area contributed by atoms with E-state index in [-0.39, 0.29) is 40.4 Å². The van der Waals surface area contributed by atoms with Crippen LogP contribution in [0.3, 0.4) is 0 Å². The first-order valence-corrected chi connectivity index (χ1v) is 10.6. The smallest absolute Gasteiger partial charge is 0.417 e. The Morgan fingerprint density at radius 3 is 2.26 bits per heavy atom. The van der Waals surface area contributed by atoms with Crippen LogP contribution >= 0.6 is 0 Å². The number of carbonyl (C=O) groups is 1. The van der Waals surface area contributed by atoms with Crippen LogP contribution < -0.4 is 10.1 Å². The van der Waals surface area contributed by atoms with Crippen molar-refractivity contribution in [1.82, 2.24) is 5.32 Å². The molecule has 0 atom stereocenters. The number of benzene rings is 2. The zero-order chi connectivity index (χ0) is 26.1. The number of hydrogen-bond acceptors (Lipinski definition) is 4. The highest BCUT2D eigenvalue weighted by Crippen LogP contribution is 2.43. The number of halogens is 7. The summed E-state index contributed by atoms with van der Waals surface area (Å²) in [6, 6.07) is 2.80. The lowest BCUT2D eigenvalue weighted by Gasteiger charge is -2.21. The van der Waals surface area contributed by atoms with E-state index in [9.17, 15) is 43.9 Å². The lowest BCUT2D eigenvalue weighted by Crippen LogP contribution is -2.28. The number of allylic oxidation sites excluding steroid dienone is 4. The average molecular weight is 521 g/mol. The number of hydrogen-bond donors (Lipinski definition) is 1. The van der Waals surface area contributed by atoms with E-state index >= 15 is 0 Å². The number of alkyl halides is 6. The second-order valence-corrected chi connectivity index (χ2v) is 8.28. The maximum atomic E-state index is 13.8. The van der Waals surface area contributed by atoms with Crippen molar-refractivity contribution in [3.63, 3.8) is 0 Å². The molecule has 0 bridgehead atoms. The van der Waals surface area contributed by atoms with E-state index < -0.39 is 56.8 Å². The minimum absolute atomic E-state index is 0.0413. The summed E-state index contributed by atoms with van der Waals surface area (Å²) in [6.45, 7) is 1.30. The predicted molar refractivity (Wildman–Crippen MR) is 111 cm³/mol. The highest BCUT2D eigenvalue weighted by Gasteiger charge is 2.42. The fourth-order valence-electron chi connectivity index (χ4n) is 3.15. The molecule has 0 heterocycles. The maximum Gasteiger partial charge on any atom is 0.417 e. The molecule has 0 fully saturated rings. The summed E-state index contributed by atoms with van der Waals surface area (Å²) in [6.07, 6.45) is -7.35. The van der Waals surface area contributed by atoms with Crippen molar-refractivity contribution in [1.29, 1.82) is 0 Å². The van der Waals surface area contributed by atoms with Gasteiger partial charge in [0.2, 0.25) is 10.3 Å². The molecule has 1 amide bonds. The number of nitrogens with one attached hydrogen (secondary N) is 1. The van der Waals surface area contributed by atoms with E-state index in [1.807, 2.05) is 0 Å². The Kier molecular flexibility index (Phi) is 7.11. The van der Waals surface area contributed by atoms with Crippen molar-refractivity contribution in [2.45, 2.75) is 25.7 Å². The van der Waals surface area contributed by atoms with Crippen LogP contribution in [0.1, 0.15) is 33.5 Å². The molecule has 1 N–H and O–H groups in total. The highest BCUT2D eigenvalue weighted by atomic mass is 32.2. The Labute approximate surface area is 195 Å². The Balaban J connectivity index is 2.18. The summed E-state index contributed by atoms with van der Waals surface area (Å²) >= 11 is 0. The molecule has 0 aliphatic heterocycles. The van der Waals surface area contributed by atoms with Crippen LogP contribution in [0.15, 0.2) is 54.3 Å². The van der Waals surface area contributed by atoms with E-state index in [1.165, 1.54) is 25.2 Å². The van der Waals surface area contributed by atoms with Gasteiger partial charge in [0.05, 0.1) is 21.6 Å². The largest absolute Gasteiger partial charge is 0.456 e. The molecular formula is C22H14F7NO4S. The van der Waals surface area contributed by atoms with Crippen LogP contribution in [0.25, 0.3) is 0 Å². The second-order valence-electron chi connectivity index (χ2n) is 7.29. The highest BCUT2D eigenvalue weighted by molar-refractivity contribution is 7.73. The van der Waals surface area contributed by atoms with E-state index in [4.69, 9.17) is 4.74 Å². The monoisotopic (exact) mass is 521 g/mol. The van der Waals surface area contributed by atoms with Crippen LogP contribution in [0, 0.1) is 12.7 Å². The summed E-state index contributed by atoms with van der Waals surface area (Å²) in [5.41, 5.74) is -5.00. The van der Waals surface area contributed by atoms with Gasteiger partial charge in [0.1, 0.15) is 17.3 Å². The van der Waals surface area contributed by atoms with Gasteiger partial charge in [-0.2, -0.15) is 34.8 Å². The molecule has 0 saturated carbocycles. The van der Waals surface area contributed by atoms with Gasteiger partial charge in [0, 0.05) is 12.1 Å². The zero-order valence-corrected chi connectivity index (χ0v) is 18.3. The van der Waals surface area contributed by atoms with Crippen LogP contribution in [-0.2, 0) is 22.6 Å². The Morgan fingerprint density at radius 1 is 1.00 bits per heavy atom. The number of rotatable bonds is 4. The fraction of sp³-hybridized carbons (Fsp3) is 0.182. The Hall–Kier alpha value is -3.61. The number of amides is 1. The first kappa shape index (κ1) is 26.0. The van der Waals surface area contributed by atoms with Gasteiger partial charge >= 0.3 is 12.4 Å². The average Bonchev–Trinajstić information content (AvgIpc) is 2.74. The van der Waals surface area contributed by atoms with Crippen molar-refractivity contribution >= 4 is 21.1 Å². The van der Waals surface area contributed by atoms with Gasteiger partial charge in [-0.1, -0.05) is 6.08 Å². The van der Waals surface area contributed by atoms with Crippen LogP contribution in [-0.4, -0.2) is 19.2 Å². The lowest BCUT2D eigenvalue weighted by atomic mass is 10.00. The summed E-state index contributed by atoms with van der Waals surface area (Å²) < 4.78 is 123. The lowest BCUT2D eigenvalue weighted by molar-refractivity contribution is -0.143. The van der Waals surface area contributed by atoms with Crippen molar-refractivity contribution in [3.8, 4) is 11.5 Å². The Bertz CT molecular complexity index is 1380. The number of carbonyl (C=O) groups excluding carboxylic acids is 1. The fourth-order valence-corrected chi connectivity index (χ4v) is 3.61. The van der Waals surface area contributed by atoms with Gasteiger partial charge in [-0.05, 0) is 55.0 Å². The molecule has 1 aliphatic rings. The molecule has 3 rings (SSSR count). The van der Waals surface area contributed by atoms with Crippen molar-refractivity contribution in [2.24, 2.45) is 0 Å². The van der Waals surface area contributed by atoms with Crippen LogP contribution in [0.4, 0.5) is 30.7 Å². The summed E-state index contributed by atoms with van der Waals surface area (Å²) in [7, 11) is -2.67. The molecule has 186 valence electrons. The first-order valence-electron chi connectivity index (χ1n) is 9.57. The van der Waals surface area contributed by atoms with E-state index in [1.54, 1.807) is 0 Å². The van der Waals surface area contributed by atoms with Crippen molar-refractivity contribution < 1.29 is 48.7 Å². The molecule has 2 aromatic rings. The standard InChI is InChI=1S/C22H14F7NO4S/c1-11-7-13(23)5-6-17(11)34-18-9-12(21(24,25)26)8-16(22(27,28)29)19(18)20(31)30-14-3-2-4-15(10-14)35(32)33/h2-9H,10H2,1H3,(H,30,31). The molecule has 0 aromatic heterocycles. The quantitative estimate of drug-likeness (QED) is 0.421. The molecular weight excluding hydrogens is 507 g/mol. The SMILES string of the molecule is Cc1cc(F)ccc1Oc1cc(C(F)(F)F)cc(C(F)(F)F)c1C(=O)NC1=CC=CC(=S(=O)=O)C1. The minimum Gasteiger partial charge on any atom is -0.456 e. The molecule has 1 aliphatic carbocycles. The molecule has 13 heteroatoms. The summed E-state index contributed by atoms with van der Waals surface area (Å²) in [4.78, 5) is 12.7. The number of aryl methyl sites for hydroxylation is 1. The minimum atomic E-state index is -5.40. The molecule has 35 heavy (non-hydrogen) atoms. The summed E-state index contributed by atoms with van der Waals surface area (Å²) in [5, 5.41) is 2.10. The second kappa shape index (κ2) is 9.56. The van der Waals surface area contributed by atoms with E-state index in [0.29, 0.717) is 0 Å². The molecule has 0 spiro atoms. The van der Waals surface area contributed by atoms with Crippen LogP contribution in [0.5, 0.6) is 11.5 Å². The topological polar surface area (TPSA) is 72.5 Å². The first-order chi connectivity index (χ1) is 16.2. The third-order valence-corrected chi connectivity index (χ3v) is 5.46. The normalized spacial score (nSPS) is 13.9. The third-order valence-electron chi connectivity index (χ3n) is 4.75. The van der Waals surface area contributed by atoms with Gasteiger partial charge in [0.25, 0.3) is 5.91 Å². The maximum absolute atomic E-state index is 13.8. The molecule has 0 radical (unpaired) electrons. The van der Waals surface area contributed by atoms with Gasteiger partial charge in [0.15, 0.2) is 0 Å². The van der Waals surface area contributed by atoms with Gasteiger partial charge in [-0.3, -0.25) is 4.79 Å².